The molecule has 0 unspecified atom stereocenters. The molecule has 0 spiro atoms. The van der Waals surface area contributed by atoms with Crippen LogP contribution in [0.5, 0.6) is 5.75 Å². The minimum absolute atomic E-state index is 0.0183. The Morgan fingerprint density at radius 2 is 1.79 bits per heavy atom. The molecule has 1 saturated heterocycles. The van der Waals surface area contributed by atoms with Crippen molar-refractivity contribution in [2.75, 3.05) is 38.2 Å². The van der Waals surface area contributed by atoms with Crippen molar-refractivity contribution in [2.45, 2.75) is 0 Å². The predicted molar refractivity (Wildman–Crippen MR) is 92.3 cm³/mol. The molecule has 5 heteroatoms. The van der Waals surface area contributed by atoms with Crippen molar-refractivity contribution in [3.05, 3.63) is 59.7 Å². The summed E-state index contributed by atoms with van der Waals surface area (Å²) in [5.41, 5.74) is 2.30. The van der Waals surface area contributed by atoms with Crippen molar-refractivity contribution in [2.24, 2.45) is 0 Å². The summed E-state index contributed by atoms with van der Waals surface area (Å²) in [6.45, 7) is 2.93. The van der Waals surface area contributed by atoms with Crippen LogP contribution < -0.4 is 9.64 Å². The van der Waals surface area contributed by atoms with E-state index in [1.54, 1.807) is 31.4 Å². The summed E-state index contributed by atoms with van der Waals surface area (Å²) in [6, 6.07) is 16.8. The van der Waals surface area contributed by atoms with Crippen molar-refractivity contribution in [3.63, 3.8) is 0 Å². The molecule has 24 heavy (non-hydrogen) atoms. The number of nitriles is 1. The lowest BCUT2D eigenvalue weighted by Gasteiger charge is -2.36. The van der Waals surface area contributed by atoms with E-state index in [1.165, 1.54) is 0 Å². The summed E-state index contributed by atoms with van der Waals surface area (Å²) in [5.74, 6) is 0.855. The van der Waals surface area contributed by atoms with Crippen LogP contribution in [0.15, 0.2) is 48.5 Å². The first-order chi connectivity index (χ1) is 11.7. The van der Waals surface area contributed by atoms with Gasteiger partial charge in [-0.25, -0.2) is 0 Å². The highest BCUT2D eigenvalue weighted by molar-refractivity contribution is 5.94. The average molecular weight is 321 g/mol. The zero-order valence-corrected chi connectivity index (χ0v) is 13.6. The largest absolute Gasteiger partial charge is 0.497 e. The van der Waals surface area contributed by atoms with Crippen LogP contribution in [0.1, 0.15) is 15.9 Å². The third-order valence-corrected chi connectivity index (χ3v) is 4.25. The second-order valence-electron chi connectivity index (χ2n) is 5.67. The topological polar surface area (TPSA) is 56.6 Å². The van der Waals surface area contributed by atoms with Crippen LogP contribution in [0.25, 0.3) is 0 Å². The van der Waals surface area contributed by atoms with Gasteiger partial charge in [0.15, 0.2) is 0 Å². The van der Waals surface area contributed by atoms with Gasteiger partial charge in [-0.3, -0.25) is 4.79 Å². The minimum Gasteiger partial charge on any atom is -0.497 e. The summed E-state index contributed by atoms with van der Waals surface area (Å²) in [5, 5.41) is 8.83. The van der Waals surface area contributed by atoms with Crippen LogP contribution in [0.4, 0.5) is 5.69 Å². The first kappa shape index (κ1) is 15.9. The molecule has 1 aliphatic heterocycles. The Kier molecular flexibility index (Phi) is 4.66. The molecule has 0 atom stereocenters. The zero-order chi connectivity index (χ0) is 16.9. The van der Waals surface area contributed by atoms with E-state index in [-0.39, 0.29) is 5.91 Å². The lowest BCUT2D eigenvalue weighted by Crippen LogP contribution is -2.48. The van der Waals surface area contributed by atoms with E-state index in [0.29, 0.717) is 24.2 Å². The van der Waals surface area contributed by atoms with Crippen LogP contribution in [0, 0.1) is 11.3 Å². The first-order valence-corrected chi connectivity index (χ1v) is 7.89. The average Bonchev–Trinajstić information content (AvgIpc) is 2.67. The summed E-state index contributed by atoms with van der Waals surface area (Å²) in [4.78, 5) is 16.7. The molecule has 0 aliphatic carbocycles. The highest BCUT2D eigenvalue weighted by Crippen LogP contribution is 2.22. The Labute approximate surface area is 141 Å². The number of hydrogen-bond acceptors (Lipinski definition) is 4. The molecule has 1 heterocycles. The van der Waals surface area contributed by atoms with Crippen molar-refractivity contribution in [3.8, 4) is 11.8 Å². The molecule has 3 rings (SSSR count). The van der Waals surface area contributed by atoms with Gasteiger partial charge in [0.2, 0.25) is 0 Å². The number of benzene rings is 2. The van der Waals surface area contributed by atoms with Gasteiger partial charge in [-0.2, -0.15) is 5.26 Å². The summed E-state index contributed by atoms with van der Waals surface area (Å²) in [7, 11) is 1.66. The number of carbonyl (C=O) groups excluding carboxylic acids is 1. The van der Waals surface area contributed by atoms with Gasteiger partial charge in [0.05, 0.1) is 18.7 Å². The van der Waals surface area contributed by atoms with Gasteiger partial charge in [-0.05, 0) is 36.4 Å². The molecule has 0 radical (unpaired) electrons. The van der Waals surface area contributed by atoms with E-state index >= 15 is 0 Å². The van der Waals surface area contributed by atoms with E-state index < -0.39 is 0 Å². The third-order valence-electron chi connectivity index (χ3n) is 4.25. The maximum atomic E-state index is 12.5. The number of hydrogen-bond donors (Lipinski definition) is 0. The standard InChI is InChI=1S/C19H19N3O2/c1-24-18-4-2-3-17(13-18)21-9-11-22(12-10-21)19(23)16-7-5-15(14-20)6-8-16/h2-8,13H,9-12H2,1H3. The molecule has 0 N–H and O–H groups in total. The molecule has 2 aromatic carbocycles. The van der Waals surface area contributed by atoms with Crippen molar-refractivity contribution >= 4 is 11.6 Å². The fourth-order valence-electron chi connectivity index (χ4n) is 2.84. The second kappa shape index (κ2) is 7.05. The smallest absolute Gasteiger partial charge is 0.253 e. The van der Waals surface area contributed by atoms with E-state index in [2.05, 4.69) is 17.0 Å². The van der Waals surface area contributed by atoms with E-state index in [9.17, 15) is 4.79 Å². The predicted octanol–water partition coefficient (Wildman–Crippen LogP) is 2.53. The monoisotopic (exact) mass is 321 g/mol. The minimum atomic E-state index is 0.0183. The number of carbonyl (C=O) groups is 1. The SMILES string of the molecule is COc1cccc(N2CCN(C(=O)c3ccc(C#N)cc3)CC2)c1. The lowest BCUT2D eigenvalue weighted by atomic mass is 10.1. The fraction of sp³-hybridized carbons (Fsp3) is 0.263. The summed E-state index contributed by atoms with van der Waals surface area (Å²) in [6.07, 6.45) is 0. The number of ether oxygens (including phenoxy) is 1. The Hall–Kier alpha value is -3.00. The van der Waals surface area contributed by atoms with Gasteiger partial charge in [-0.15, -0.1) is 0 Å². The number of amides is 1. The lowest BCUT2D eigenvalue weighted by molar-refractivity contribution is 0.0747. The van der Waals surface area contributed by atoms with E-state index in [4.69, 9.17) is 10.00 Å². The Morgan fingerprint density at radius 1 is 1.08 bits per heavy atom. The normalized spacial score (nSPS) is 14.2. The molecule has 0 bridgehead atoms. The van der Waals surface area contributed by atoms with Gasteiger partial charge in [0.25, 0.3) is 5.91 Å². The van der Waals surface area contributed by atoms with Gasteiger partial charge < -0.3 is 14.5 Å². The van der Waals surface area contributed by atoms with Crippen molar-refractivity contribution < 1.29 is 9.53 Å². The summed E-state index contributed by atoms with van der Waals surface area (Å²) < 4.78 is 5.27. The highest BCUT2D eigenvalue weighted by atomic mass is 16.5. The molecule has 1 amide bonds. The Morgan fingerprint density at radius 3 is 2.42 bits per heavy atom. The first-order valence-electron chi connectivity index (χ1n) is 7.89. The van der Waals surface area contributed by atoms with Crippen LogP contribution in [0.2, 0.25) is 0 Å². The molecule has 0 saturated carbocycles. The van der Waals surface area contributed by atoms with Gasteiger partial charge in [0.1, 0.15) is 5.75 Å². The maximum absolute atomic E-state index is 12.5. The van der Waals surface area contributed by atoms with Crippen LogP contribution in [0.3, 0.4) is 0 Å². The van der Waals surface area contributed by atoms with E-state index in [1.807, 2.05) is 23.1 Å². The fourth-order valence-corrected chi connectivity index (χ4v) is 2.84. The number of piperazine rings is 1. The molecule has 1 aliphatic rings. The van der Waals surface area contributed by atoms with Crippen molar-refractivity contribution in [1.82, 2.24) is 4.90 Å². The summed E-state index contributed by atoms with van der Waals surface area (Å²) >= 11 is 0. The number of anilines is 1. The van der Waals surface area contributed by atoms with Gasteiger partial charge >= 0.3 is 0 Å². The molecular formula is C19H19N3O2. The molecule has 2 aromatic rings. The van der Waals surface area contributed by atoms with Crippen LogP contribution in [-0.4, -0.2) is 44.1 Å². The van der Waals surface area contributed by atoms with Crippen LogP contribution in [-0.2, 0) is 0 Å². The third kappa shape index (κ3) is 3.33. The quantitative estimate of drug-likeness (QED) is 0.872. The Bertz CT molecular complexity index is 757. The number of methoxy groups -OCH3 is 1. The highest BCUT2D eigenvalue weighted by Gasteiger charge is 2.22. The molecule has 0 aromatic heterocycles. The number of nitrogens with zero attached hydrogens (tertiary/aromatic N) is 3. The van der Waals surface area contributed by atoms with E-state index in [0.717, 1.165) is 24.5 Å². The molecule has 1 fully saturated rings. The Balaban J connectivity index is 1.63. The maximum Gasteiger partial charge on any atom is 0.253 e. The molecule has 122 valence electrons. The second-order valence-corrected chi connectivity index (χ2v) is 5.67. The van der Waals surface area contributed by atoms with Crippen LogP contribution >= 0.6 is 0 Å². The van der Waals surface area contributed by atoms with Gasteiger partial charge in [0, 0.05) is 43.5 Å². The van der Waals surface area contributed by atoms with Gasteiger partial charge in [-0.1, -0.05) is 6.07 Å². The van der Waals surface area contributed by atoms with Crippen molar-refractivity contribution in [1.29, 1.82) is 5.26 Å². The number of rotatable bonds is 3. The molecule has 5 nitrogen and oxygen atoms in total. The molecular weight excluding hydrogens is 302 g/mol. The zero-order valence-electron chi connectivity index (χ0n) is 13.6.